The molecule has 0 aromatic carbocycles. The first kappa shape index (κ1) is 8.94. The van der Waals surface area contributed by atoms with Gasteiger partial charge < -0.3 is 11.5 Å². The minimum atomic E-state index is -0.715. The summed E-state index contributed by atoms with van der Waals surface area (Å²) in [5, 5.41) is 0. The van der Waals surface area contributed by atoms with Gasteiger partial charge in [-0.05, 0) is 31.2 Å². The van der Waals surface area contributed by atoms with Crippen LogP contribution in [0.4, 0.5) is 4.39 Å². The molecule has 1 aliphatic rings. The molecule has 0 radical (unpaired) electrons. The monoisotopic (exact) mass is 160 g/mol. The second-order valence-electron chi connectivity index (χ2n) is 3.62. The van der Waals surface area contributed by atoms with E-state index >= 15 is 0 Å². The summed E-state index contributed by atoms with van der Waals surface area (Å²) in [6, 6.07) is -0.0220. The van der Waals surface area contributed by atoms with E-state index in [9.17, 15) is 4.39 Å². The van der Waals surface area contributed by atoms with E-state index in [1.807, 2.05) is 6.92 Å². The van der Waals surface area contributed by atoms with E-state index in [-0.39, 0.29) is 12.0 Å². The number of hydrogen-bond donors (Lipinski definition) is 2. The maximum atomic E-state index is 13.0. The summed E-state index contributed by atoms with van der Waals surface area (Å²) >= 11 is 0. The number of rotatable bonds is 1. The molecule has 2 nitrogen and oxygen atoms in total. The summed E-state index contributed by atoms with van der Waals surface area (Å²) in [5.74, 6) is 0.473. The number of hydrogen-bond acceptors (Lipinski definition) is 2. The molecule has 3 heteroatoms. The largest absolute Gasteiger partial charge is 0.330 e. The highest BCUT2D eigenvalue weighted by atomic mass is 19.1. The van der Waals surface area contributed by atoms with Crippen LogP contribution in [0.25, 0.3) is 0 Å². The lowest BCUT2D eigenvalue weighted by molar-refractivity contribution is 0.125. The molecular formula is C8H17FN2. The van der Waals surface area contributed by atoms with Gasteiger partial charge in [0.15, 0.2) is 0 Å². The molecule has 0 amide bonds. The molecule has 4 atom stereocenters. The van der Waals surface area contributed by atoms with Gasteiger partial charge in [0.25, 0.3) is 0 Å². The van der Waals surface area contributed by atoms with Crippen LogP contribution in [0, 0.1) is 11.8 Å². The SMILES string of the molecule is C[C@@H]1CC(CN)[C@H](N)CC1F. The summed E-state index contributed by atoms with van der Waals surface area (Å²) in [6.07, 6.45) is 0.620. The van der Waals surface area contributed by atoms with Crippen LogP contribution in [0.1, 0.15) is 19.8 Å². The van der Waals surface area contributed by atoms with Crippen molar-refractivity contribution < 1.29 is 4.39 Å². The third kappa shape index (κ3) is 1.91. The van der Waals surface area contributed by atoms with Crippen molar-refractivity contribution in [2.24, 2.45) is 23.3 Å². The molecule has 0 saturated heterocycles. The zero-order valence-electron chi connectivity index (χ0n) is 6.96. The van der Waals surface area contributed by atoms with Gasteiger partial charge in [0.1, 0.15) is 6.17 Å². The Morgan fingerprint density at radius 2 is 2.09 bits per heavy atom. The predicted octanol–water partition coefficient (Wildman–Crippen LogP) is 0.657. The highest BCUT2D eigenvalue weighted by Gasteiger charge is 2.31. The van der Waals surface area contributed by atoms with Gasteiger partial charge in [-0.25, -0.2) is 4.39 Å². The maximum Gasteiger partial charge on any atom is 0.104 e. The molecule has 4 N–H and O–H groups in total. The van der Waals surface area contributed by atoms with E-state index in [0.717, 1.165) is 6.42 Å². The van der Waals surface area contributed by atoms with Gasteiger partial charge in [0.2, 0.25) is 0 Å². The van der Waals surface area contributed by atoms with E-state index in [4.69, 9.17) is 11.5 Å². The van der Waals surface area contributed by atoms with Gasteiger partial charge in [0.05, 0.1) is 0 Å². The molecule has 0 aromatic heterocycles. The first-order chi connectivity index (χ1) is 5.15. The molecule has 11 heavy (non-hydrogen) atoms. The average Bonchev–Trinajstić information content (AvgIpc) is 1.97. The topological polar surface area (TPSA) is 52.0 Å². The van der Waals surface area contributed by atoms with Crippen LogP contribution in [0.5, 0.6) is 0 Å². The molecule has 0 aliphatic heterocycles. The molecule has 66 valence electrons. The van der Waals surface area contributed by atoms with Crippen molar-refractivity contribution in [3.05, 3.63) is 0 Å². The lowest BCUT2D eigenvalue weighted by atomic mass is 9.78. The Morgan fingerprint density at radius 1 is 1.45 bits per heavy atom. The van der Waals surface area contributed by atoms with Gasteiger partial charge >= 0.3 is 0 Å². The summed E-state index contributed by atoms with van der Waals surface area (Å²) in [7, 11) is 0. The maximum absolute atomic E-state index is 13.0. The third-order valence-electron chi connectivity index (χ3n) is 2.70. The first-order valence-corrected chi connectivity index (χ1v) is 4.25. The lowest BCUT2D eigenvalue weighted by Crippen LogP contribution is -2.44. The molecule has 1 aliphatic carbocycles. The van der Waals surface area contributed by atoms with Crippen LogP contribution in [0.3, 0.4) is 0 Å². The Bertz CT molecular complexity index is 129. The fourth-order valence-corrected chi connectivity index (χ4v) is 1.76. The summed E-state index contributed by atoms with van der Waals surface area (Å²) in [4.78, 5) is 0. The second-order valence-corrected chi connectivity index (χ2v) is 3.62. The van der Waals surface area contributed by atoms with Crippen molar-refractivity contribution in [3.63, 3.8) is 0 Å². The van der Waals surface area contributed by atoms with E-state index < -0.39 is 6.17 Å². The number of halogens is 1. The molecule has 1 fully saturated rings. The Kier molecular flexibility index (Phi) is 2.84. The van der Waals surface area contributed by atoms with Crippen LogP contribution in [-0.2, 0) is 0 Å². The van der Waals surface area contributed by atoms with Crippen LogP contribution >= 0.6 is 0 Å². The minimum absolute atomic E-state index is 0.0220. The van der Waals surface area contributed by atoms with Gasteiger partial charge in [-0.1, -0.05) is 6.92 Å². The van der Waals surface area contributed by atoms with Crippen molar-refractivity contribution in [2.45, 2.75) is 32.0 Å². The molecule has 0 spiro atoms. The normalized spacial score (nSPS) is 45.8. The Labute approximate surface area is 67.1 Å². The highest BCUT2D eigenvalue weighted by molar-refractivity contribution is 4.86. The van der Waals surface area contributed by atoms with Crippen LogP contribution in [0.2, 0.25) is 0 Å². The standard InChI is InChI=1S/C8H17FN2/c1-5-2-6(4-10)8(11)3-7(5)9/h5-8H,2-4,10-11H2,1H3/t5-,6?,7?,8-/m1/s1. The van der Waals surface area contributed by atoms with Crippen molar-refractivity contribution >= 4 is 0 Å². The zero-order chi connectivity index (χ0) is 8.43. The van der Waals surface area contributed by atoms with Gasteiger partial charge in [-0.2, -0.15) is 0 Å². The first-order valence-electron chi connectivity index (χ1n) is 4.25. The van der Waals surface area contributed by atoms with Crippen LogP contribution < -0.4 is 11.5 Å². The Hall–Kier alpha value is -0.150. The van der Waals surface area contributed by atoms with Crippen molar-refractivity contribution in [1.82, 2.24) is 0 Å². The predicted molar refractivity (Wildman–Crippen MR) is 43.8 cm³/mol. The Balaban J connectivity index is 2.48. The van der Waals surface area contributed by atoms with E-state index in [2.05, 4.69) is 0 Å². The van der Waals surface area contributed by atoms with E-state index in [1.54, 1.807) is 0 Å². The molecule has 0 heterocycles. The smallest absolute Gasteiger partial charge is 0.104 e. The van der Waals surface area contributed by atoms with E-state index in [0.29, 0.717) is 18.9 Å². The molecule has 1 saturated carbocycles. The second kappa shape index (κ2) is 3.50. The molecular weight excluding hydrogens is 143 g/mol. The summed E-state index contributed by atoms with van der Waals surface area (Å²) in [6.45, 7) is 2.53. The molecule has 1 rings (SSSR count). The van der Waals surface area contributed by atoms with Crippen molar-refractivity contribution in [3.8, 4) is 0 Å². The van der Waals surface area contributed by atoms with Gasteiger partial charge in [0, 0.05) is 6.04 Å². The third-order valence-corrected chi connectivity index (χ3v) is 2.70. The number of alkyl halides is 1. The van der Waals surface area contributed by atoms with Gasteiger partial charge in [-0.3, -0.25) is 0 Å². The number of nitrogens with two attached hydrogens (primary N) is 2. The van der Waals surface area contributed by atoms with Crippen molar-refractivity contribution in [1.29, 1.82) is 0 Å². The Morgan fingerprint density at radius 3 is 2.64 bits per heavy atom. The fraction of sp³-hybridized carbons (Fsp3) is 1.00. The fourth-order valence-electron chi connectivity index (χ4n) is 1.76. The zero-order valence-corrected chi connectivity index (χ0v) is 6.96. The van der Waals surface area contributed by atoms with Crippen LogP contribution in [-0.4, -0.2) is 18.8 Å². The molecule has 0 aromatic rings. The molecule has 2 unspecified atom stereocenters. The summed E-state index contributed by atoms with van der Waals surface area (Å²) in [5.41, 5.74) is 11.2. The minimum Gasteiger partial charge on any atom is -0.330 e. The van der Waals surface area contributed by atoms with Gasteiger partial charge in [-0.15, -0.1) is 0 Å². The van der Waals surface area contributed by atoms with E-state index in [1.165, 1.54) is 0 Å². The summed E-state index contributed by atoms with van der Waals surface area (Å²) < 4.78 is 13.0. The van der Waals surface area contributed by atoms with Crippen molar-refractivity contribution in [2.75, 3.05) is 6.54 Å². The van der Waals surface area contributed by atoms with Crippen LogP contribution in [0.15, 0.2) is 0 Å². The quantitative estimate of drug-likeness (QED) is 0.592. The molecule has 0 bridgehead atoms. The average molecular weight is 160 g/mol. The lowest BCUT2D eigenvalue weighted by Gasteiger charge is -2.34. The highest BCUT2D eigenvalue weighted by Crippen LogP contribution is 2.29.